The second-order valence-electron chi connectivity index (χ2n) is 3.37. The van der Waals surface area contributed by atoms with Gasteiger partial charge in [-0.15, -0.1) is 0 Å². The van der Waals surface area contributed by atoms with Gasteiger partial charge in [0.05, 0.1) is 4.92 Å². The van der Waals surface area contributed by atoms with Gasteiger partial charge in [-0.3, -0.25) is 10.1 Å². The lowest BCUT2D eigenvalue weighted by Gasteiger charge is -2.12. The van der Waals surface area contributed by atoms with Gasteiger partial charge in [0.1, 0.15) is 22.9 Å². The van der Waals surface area contributed by atoms with Crippen LogP contribution in [0.4, 0.5) is 5.69 Å². The number of likely N-dealkylation sites (N-methyl/N-ethyl adjacent to an activating group) is 1. The van der Waals surface area contributed by atoms with E-state index in [9.17, 15) is 15.2 Å². The number of rotatable bonds is 6. The average Bonchev–Trinajstić information content (AvgIpc) is 2.27. The fourth-order valence-corrected chi connectivity index (χ4v) is 1.76. The van der Waals surface area contributed by atoms with E-state index in [1.165, 1.54) is 12.1 Å². The standard InChI is InChI=1S/C10H13BrN2O4/c1-12-5-7(14)6-17-9-4-2-3-8(10(9)11)13(15)16/h2-4,7,12,14H,5-6H2,1H3. The van der Waals surface area contributed by atoms with Crippen LogP contribution in [-0.2, 0) is 0 Å². The number of aliphatic hydroxyl groups is 1. The molecule has 0 saturated carbocycles. The Morgan fingerprint density at radius 3 is 2.94 bits per heavy atom. The molecule has 17 heavy (non-hydrogen) atoms. The largest absolute Gasteiger partial charge is 0.489 e. The van der Waals surface area contributed by atoms with Crippen LogP contribution in [0.3, 0.4) is 0 Å². The number of nitrogens with one attached hydrogen (secondary N) is 1. The maximum atomic E-state index is 10.7. The van der Waals surface area contributed by atoms with Crippen molar-refractivity contribution in [2.45, 2.75) is 6.10 Å². The fourth-order valence-electron chi connectivity index (χ4n) is 1.23. The van der Waals surface area contributed by atoms with Gasteiger partial charge in [-0.1, -0.05) is 6.07 Å². The quantitative estimate of drug-likeness (QED) is 0.611. The van der Waals surface area contributed by atoms with E-state index in [1.807, 2.05) is 0 Å². The number of benzene rings is 1. The van der Waals surface area contributed by atoms with Gasteiger partial charge < -0.3 is 15.2 Å². The number of halogens is 1. The molecule has 0 aliphatic rings. The minimum Gasteiger partial charge on any atom is -0.489 e. The number of hydrogen-bond acceptors (Lipinski definition) is 5. The van der Waals surface area contributed by atoms with E-state index in [0.29, 0.717) is 12.3 Å². The second-order valence-corrected chi connectivity index (χ2v) is 4.16. The molecule has 0 heterocycles. The minimum atomic E-state index is -0.661. The third kappa shape index (κ3) is 3.95. The van der Waals surface area contributed by atoms with Crippen LogP contribution >= 0.6 is 15.9 Å². The van der Waals surface area contributed by atoms with Crippen LogP contribution in [-0.4, -0.2) is 36.3 Å². The van der Waals surface area contributed by atoms with Gasteiger partial charge in [-0.25, -0.2) is 0 Å². The molecule has 0 amide bonds. The van der Waals surface area contributed by atoms with Crippen LogP contribution in [0, 0.1) is 10.1 Å². The van der Waals surface area contributed by atoms with Crippen molar-refractivity contribution in [3.05, 3.63) is 32.8 Å². The highest BCUT2D eigenvalue weighted by Crippen LogP contribution is 2.33. The van der Waals surface area contributed by atoms with Crippen molar-refractivity contribution in [1.82, 2.24) is 5.32 Å². The van der Waals surface area contributed by atoms with Crippen LogP contribution in [0.15, 0.2) is 22.7 Å². The van der Waals surface area contributed by atoms with Crippen LogP contribution in [0.5, 0.6) is 5.75 Å². The molecule has 0 saturated heterocycles. The number of nitro groups is 1. The topological polar surface area (TPSA) is 84.6 Å². The Labute approximate surface area is 107 Å². The highest BCUT2D eigenvalue weighted by Gasteiger charge is 2.16. The molecule has 0 radical (unpaired) electrons. The van der Waals surface area contributed by atoms with Crippen LogP contribution in [0.2, 0.25) is 0 Å². The molecule has 0 bridgehead atoms. The van der Waals surface area contributed by atoms with Crippen LogP contribution in [0.25, 0.3) is 0 Å². The molecule has 0 aromatic heterocycles. The molecule has 7 heteroatoms. The average molecular weight is 305 g/mol. The summed E-state index contributed by atoms with van der Waals surface area (Å²) in [7, 11) is 1.71. The van der Waals surface area contributed by atoms with Gasteiger partial charge in [-0.05, 0) is 29.0 Å². The first kappa shape index (κ1) is 13.9. The molecule has 6 nitrogen and oxygen atoms in total. The molecule has 1 aromatic carbocycles. The number of aliphatic hydroxyl groups excluding tert-OH is 1. The van der Waals surface area contributed by atoms with Gasteiger partial charge in [-0.2, -0.15) is 0 Å². The number of nitrogens with zero attached hydrogens (tertiary/aromatic N) is 1. The Hall–Kier alpha value is -1.18. The molecule has 0 spiro atoms. The summed E-state index contributed by atoms with van der Waals surface area (Å²) in [5, 5.41) is 22.9. The van der Waals surface area contributed by atoms with Gasteiger partial charge in [0.2, 0.25) is 0 Å². The first-order valence-corrected chi connectivity index (χ1v) is 5.74. The van der Waals surface area contributed by atoms with Crippen LogP contribution in [0.1, 0.15) is 0 Å². The molecule has 0 aliphatic heterocycles. The molecule has 1 atom stereocenters. The molecule has 0 aliphatic carbocycles. The van der Waals surface area contributed by atoms with Crippen molar-refractivity contribution >= 4 is 21.6 Å². The first-order valence-electron chi connectivity index (χ1n) is 4.94. The molecular weight excluding hydrogens is 292 g/mol. The SMILES string of the molecule is CNCC(O)COc1cccc([N+](=O)[O-])c1Br. The monoisotopic (exact) mass is 304 g/mol. The van der Waals surface area contributed by atoms with Crippen molar-refractivity contribution in [3.63, 3.8) is 0 Å². The maximum Gasteiger partial charge on any atom is 0.287 e. The zero-order valence-electron chi connectivity index (χ0n) is 9.22. The summed E-state index contributed by atoms with van der Waals surface area (Å²) in [6.45, 7) is 0.465. The lowest BCUT2D eigenvalue weighted by molar-refractivity contribution is -0.385. The highest BCUT2D eigenvalue weighted by molar-refractivity contribution is 9.10. The molecule has 1 rings (SSSR count). The van der Waals surface area contributed by atoms with Crippen molar-refractivity contribution in [2.75, 3.05) is 20.2 Å². The predicted octanol–water partition coefficient (Wildman–Crippen LogP) is 1.32. The Kier molecular flexibility index (Phi) is 5.33. The fraction of sp³-hybridized carbons (Fsp3) is 0.400. The molecular formula is C10H13BrN2O4. The first-order chi connectivity index (χ1) is 8.06. The minimum absolute atomic E-state index is 0.0643. The number of nitro benzene ring substituents is 1. The van der Waals surface area contributed by atoms with E-state index in [1.54, 1.807) is 13.1 Å². The van der Waals surface area contributed by atoms with Gasteiger partial charge in [0.15, 0.2) is 0 Å². The van der Waals surface area contributed by atoms with Crippen LogP contribution < -0.4 is 10.1 Å². The smallest absolute Gasteiger partial charge is 0.287 e. The molecule has 94 valence electrons. The van der Waals surface area contributed by atoms with Crippen molar-refractivity contribution in [1.29, 1.82) is 0 Å². The van der Waals surface area contributed by atoms with E-state index in [2.05, 4.69) is 21.2 Å². The number of ether oxygens (including phenoxy) is 1. The maximum absolute atomic E-state index is 10.7. The summed E-state index contributed by atoms with van der Waals surface area (Å²) < 4.78 is 5.58. The van der Waals surface area contributed by atoms with Gasteiger partial charge in [0.25, 0.3) is 5.69 Å². The summed E-state index contributed by atoms with van der Waals surface area (Å²) in [5.41, 5.74) is -0.0643. The lowest BCUT2D eigenvalue weighted by Crippen LogP contribution is -2.29. The molecule has 1 unspecified atom stereocenters. The van der Waals surface area contributed by atoms with Gasteiger partial charge in [0, 0.05) is 12.6 Å². The van der Waals surface area contributed by atoms with Crippen molar-refractivity contribution in [2.24, 2.45) is 0 Å². The molecule has 0 fully saturated rings. The second kappa shape index (κ2) is 6.53. The third-order valence-corrected chi connectivity index (χ3v) is 2.81. The summed E-state index contributed by atoms with van der Waals surface area (Å²) in [6.07, 6.45) is -0.661. The summed E-state index contributed by atoms with van der Waals surface area (Å²) >= 11 is 3.11. The Morgan fingerprint density at radius 1 is 1.65 bits per heavy atom. The molecule has 1 aromatic rings. The highest BCUT2D eigenvalue weighted by atomic mass is 79.9. The van der Waals surface area contributed by atoms with E-state index in [-0.39, 0.29) is 16.8 Å². The summed E-state index contributed by atoms with van der Waals surface area (Å²) in [6, 6.07) is 4.51. The van der Waals surface area contributed by atoms with E-state index >= 15 is 0 Å². The van der Waals surface area contributed by atoms with Crippen molar-refractivity contribution < 1.29 is 14.8 Å². The van der Waals surface area contributed by atoms with E-state index < -0.39 is 11.0 Å². The summed E-state index contributed by atoms with van der Waals surface area (Å²) in [5.74, 6) is 0.342. The zero-order valence-corrected chi connectivity index (χ0v) is 10.8. The van der Waals surface area contributed by atoms with E-state index in [0.717, 1.165) is 0 Å². The van der Waals surface area contributed by atoms with Crippen molar-refractivity contribution in [3.8, 4) is 5.75 Å². The Bertz CT molecular complexity index is 400. The lowest BCUT2D eigenvalue weighted by atomic mass is 10.3. The van der Waals surface area contributed by atoms with E-state index in [4.69, 9.17) is 4.74 Å². The number of hydrogen-bond donors (Lipinski definition) is 2. The van der Waals surface area contributed by atoms with Gasteiger partial charge >= 0.3 is 0 Å². The normalized spacial score (nSPS) is 12.2. The molecule has 2 N–H and O–H groups in total. The zero-order chi connectivity index (χ0) is 12.8. The Balaban J connectivity index is 2.72. The summed E-state index contributed by atoms with van der Waals surface area (Å²) in [4.78, 5) is 10.2. The Morgan fingerprint density at radius 2 is 2.35 bits per heavy atom. The third-order valence-electron chi connectivity index (χ3n) is 2.01. The predicted molar refractivity (Wildman–Crippen MR) is 66.2 cm³/mol.